The quantitative estimate of drug-likeness (QED) is 0.448. The number of ketones is 1. The van der Waals surface area contributed by atoms with Gasteiger partial charge >= 0.3 is 0 Å². The molecule has 0 aromatic heterocycles. The lowest BCUT2D eigenvalue weighted by Crippen LogP contribution is -2.40. The van der Waals surface area contributed by atoms with Crippen LogP contribution in [0.15, 0.2) is 72.8 Å². The first kappa shape index (κ1) is 22.5. The van der Waals surface area contributed by atoms with E-state index < -0.39 is 0 Å². The molecule has 1 aliphatic heterocycles. The van der Waals surface area contributed by atoms with Gasteiger partial charge in [0.25, 0.3) is 0 Å². The van der Waals surface area contributed by atoms with Gasteiger partial charge in [-0.3, -0.25) is 14.5 Å². The van der Waals surface area contributed by atoms with Crippen molar-refractivity contribution in [2.24, 2.45) is 5.92 Å². The standard InChI is InChI=1S/C26H24Cl2N2O2/c27-21-10-4-6-18(14-21)16-30-13-5-9-20(17-30)26(32)29-24-12-11-22(28)15-23(24)25(31)19-7-2-1-3-8-19/h1-4,6-8,10-12,14-15,20H,5,9,13,16-17H2,(H,29,32). The summed E-state index contributed by atoms with van der Waals surface area (Å²) in [6.07, 6.45) is 1.75. The summed E-state index contributed by atoms with van der Waals surface area (Å²) in [7, 11) is 0. The van der Waals surface area contributed by atoms with Crippen LogP contribution in [0.25, 0.3) is 0 Å². The second-order valence-electron chi connectivity index (χ2n) is 8.08. The van der Waals surface area contributed by atoms with E-state index in [0.29, 0.717) is 33.4 Å². The Bertz CT molecular complexity index is 1120. The topological polar surface area (TPSA) is 49.4 Å². The van der Waals surface area contributed by atoms with Crippen LogP contribution in [0.3, 0.4) is 0 Å². The predicted octanol–water partition coefficient (Wildman–Crippen LogP) is 6.08. The monoisotopic (exact) mass is 466 g/mol. The molecule has 3 aromatic rings. The SMILES string of the molecule is O=C(c1ccccc1)c1cc(Cl)ccc1NC(=O)C1CCCN(Cc2cccc(Cl)c2)C1. The van der Waals surface area contributed by atoms with Crippen LogP contribution in [0, 0.1) is 5.92 Å². The highest BCUT2D eigenvalue weighted by Crippen LogP contribution is 2.26. The Labute approximate surface area is 198 Å². The van der Waals surface area contributed by atoms with Gasteiger partial charge < -0.3 is 5.32 Å². The van der Waals surface area contributed by atoms with Gasteiger partial charge in [-0.1, -0.05) is 65.7 Å². The summed E-state index contributed by atoms with van der Waals surface area (Å²) in [5.41, 5.74) is 2.56. The van der Waals surface area contributed by atoms with Crippen LogP contribution in [-0.2, 0) is 11.3 Å². The smallest absolute Gasteiger partial charge is 0.228 e. The number of anilines is 1. The third-order valence-corrected chi connectivity index (χ3v) is 6.16. The van der Waals surface area contributed by atoms with E-state index in [1.807, 2.05) is 42.5 Å². The molecule has 1 unspecified atom stereocenters. The molecular formula is C26H24Cl2N2O2. The van der Waals surface area contributed by atoms with Crippen molar-refractivity contribution < 1.29 is 9.59 Å². The molecule has 1 heterocycles. The second kappa shape index (κ2) is 10.3. The zero-order valence-corrected chi connectivity index (χ0v) is 19.1. The Morgan fingerprint density at radius 2 is 1.72 bits per heavy atom. The van der Waals surface area contributed by atoms with Crippen LogP contribution < -0.4 is 5.32 Å². The number of carbonyl (C=O) groups excluding carboxylic acids is 2. The van der Waals surface area contributed by atoms with Gasteiger partial charge in [0.2, 0.25) is 5.91 Å². The maximum atomic E-state index is 13.1. The second-order valence-corrected chi connectivity index (χ2v) is 8.95. The average Bonchev–Trinajstić information content (AvgIpc) is 2.80. The summed E-state index contributed by atoms with van der Waals surface area (Å²) in [5, 5.41) is 4.15. The molecule has 4 nitrogen and oxygen atoms in total. The lowest BCUT2D eigenvalue weighted by Gasteiger charge is -2.32. The van der Waals surface area contributed by atoms with Gasteiger partial charge in [-0.05, 0) is 55.3 Å². The molecule has 4 rings (SSSR count). The normalized spacial score (nSPS) is 16.5. The summed E-state index contributed by atoms with van der Waals surface area (Å²) >= 11 is 12.3. The van der Waals surface area contributed by atoms with E-state index in [-0.39, 0.29) is 17.6 Å². The Balaban J connectivity index is 1.47. The minimum atomic E-state index is -0.172. The van der Waals surface area contributed by atoms with E-state index in [2.05, 4.69) is 10.2 Å². The fourth-order valence-corrected chi connectivity index (χ4v) is 4.48. The molecule has 0 spiro atoms. The van der Waals surface area contributed by atoms with E-state index >= 15 is 0 Å². The van der Waals surface area contributed by atoms with Gasteiger partial charge in [0.05, 0.1) is 11.6 Å². The van der Waals surface area contributed by atoms with Gasteiger partial charge in [0, 0.05) is 34.3 Å². The van der Waals surface area contributed by atoms with Crippen molar-refractivity contribution in [3.8, 4) is 0 Å². The van der Waals surface area contributed by atoms with E-state index in [1.54, 1.807) is 30.3 Å². The van der Waals surface area contributed by atoms with E-state index in [0.717, 1.165) is 31.5 Å². The van der Waals surface area contributed by atoms with Gasteiger partial charge in [0.15, 0.2) is 5.78 Å². The maximum Gasteiger partial charge on any atom is 0.228 e. The van der Waals surface area contributed by atoms with Crippen molar-refractivity contribution in [1.29, 1.82) is 0 Å². The first-order valence-electron chi connectivity index (χ1n) is 10.7. The molecule has 164 valence electrons. The highest BCUT2D eigenvalue weighted by Gasteiger charge is 2.27. The number of nitrogens with zero attached hydrogens (tertiary/aromatic N) is 1. The Morgan fingerprint density at radius 1 is 0.938 bits per heavy atom. The number of halogens is 2. The van der Waals surface area contributed by atoms with Gasteiger partial charge in [-0.25, -0.2) is 0 Å². The summed E-state index contributed by atoms with van der Waals surface area (Å²) in [4.78, 5) is 28.4. The number of amides is 1. The summed E-state index contributed by atoms with van der Waals surface area (Å²) < 4.78 is 0. The van der Waals surface area contributed by atoms with Crippen LogP contribution in [0.5, 0.6) is 0 Å². The van der Waals surface area contributed by atoms with Gasteiger partial charge in [0.1, 0.15) is 0 Å². The molecule has 1 amide bonds. The fraction of sp³-hybridized carbons (Fsp3) is 0.231. The Morgan fingerprint density at radius 3 is 2.50 bits per heavy atom. The average molecular weight is 467 g/mol. The molecule has 32 heavy (non-hydrogen) atoms. The molecule has 6 heteroatoms. The number of nitrogens with one attached hydrogen (secondary N) is 1. The number of piperidine rings is 1. The van der Waals surface area contributed by atoms with Crippen molar-refractivity contribution in [3.63, 3.8) is 0 Å². The molecule has 1 fully saturated rings. The van der Waals surface area contributed by atoms with Crippen molar-refractivity contribution in [2.75, 3.05) is 18.4 Å². The van der Waals surface area contributed by atoms with Crippen LogP contribution in [-0.4, -0.2) is 29.7 Å². The maximum absolute atomic E-state index is 13.1. The summed E-state index contributed by atoms with van der Waals surface area (Å²) in [6, 6.07) is 21.8. The number of benzene rings is 3. The molecule has 0 aliphatic carbocycles. The fourth-order valence-electron chi connectivity index (χ4n) is 4.10. The molecule has 1 N–H and O–H groups in total. The minimum absolute atomic E-state index is 0.0785. The molecule has 0 saturated carbocycles. The number of carbonyl (C=O) groups is 2. The van der Waals surface area contributed by atoms with Gasteiger partial charge in [-0.15, -0.1) is 0 Å². The third-order valence-electron chi connectivity index (χ3n) is 5.69. The number of hydrogen-bond donors (Lipinski definition) is 1. The summed E-state index contributed by atoms with van der Waals surface area (Å²) in [6.45, 7) is 2.35. The minimum Gasteiger partial charge on any atom is -0.325 e. The lowest BCUT2D eigenvalue weighted by atomic mass is 9.96. The first-order valence-corrected chi connectivity index (χ1v) is 11.4. The van der Waals surface area contributed by atoms with E-state index in [4.69, 9.17) is 23.2 Å². The van der Waals surface area contributed by atoms with Crippen LogP contribution in [0.1, 0.15) is 34.3 Å². The Kier molecular flexibility index (Phi) is 7.26. The molecule has 0 radical (unpaired) electrons. The Hall–Kier alpha value is -2.66. The molecule has 1 aliphatic rings. The number of hydrogen-bond acceptors (Lipinski definition) is 3. The van der Waals surface area contributed by atoms with Gasteiger partial charge in [-0.2, -0.15) is 0 Å². The predicted molar refractivity (Wildman–Crippen MR) is 129 cm³/mol. The molecule has 1 atom stereocenters. The van der Waals surface area contributed by atoms with Crippen molar-refractivity contribution >= 4 is 40.6 Å². The third kappa shape index (κ3) is 5.57. The lowest BCUT2D eigenvalue weighted by molar-refractivity contribution is -0.121. The molecule has 1 saturated heterocycles. The van der Waals surface area contributed by atoms with Crippen LogP contribution >= 0.6 is 23.2 Å². The number of likely N-dealkylation sites (tertiary alicyclic amines) is 1. The first-order chi connectivity index (χ1) is 15.5. The molecule has 3 aromatic carbocycles. The largest absolute Gasteiger partial charge is 0.325 e. The molecule has 0 bridgehead atoms. The molecular weight excluding hydrogens is 443 g/mol. The number of rotatable bonds is 6. The summed E-state index contributed by atoms with van der Waals surface area (Å²) in [5.74, 6) is -0.404. The van der Waals surface area contributed by atoms with Crippen LogP contribution in [0.4, 0.5) is 5.69 Å². The zero-order valence-electron chi connectivity index (χ0n) is 17.6. The van der Waals surface area contributed by atoms with Crippen molar-refractivity contribution in [2.45, 2.75) is 19.4 Å². The van der Waals surface area contributed by atoms with E-state index in [9.17, 15) is 9.59 Å². The van der Waals surface area contributed by atoms with Crippen molar-refractivity contribution in [3.05, 3.63) is 99.5 Å². The highest BCUT2D eigenvalue weighted by molar-refractivity contribution is 6.31. The van der Waals surface area contributed by atoms with E-state index in [1.165, 1.54) is 0 Å². The highest BCUT2D eigenvalue weighted by atomic mass is 35.5. The van der Waals surface area contributed by atoms with Crippen LogP contribution in [0.2, 0.25) is 10.0 Å². The zero-order chi connectivity index (χ0) is 22.5. The van der Waals surface area contributed by atoms with Crippen molar-refractivity contribution in [1.82, 2.24) is 4.90 Å².